The minimum atomic E-state index is 0.0840. The van der Waals surface area contributed by atoms with Crippen molar-refractivity contribution in [2.45, 2.75) is 66.5 Å². The minimum absolute atomic E-state index is 0.0840. The second-order valence-corrected chi connectivity index (χ2v) is 6.95. The summed E-state index contributed by atoms with van der Waals surface area (Å²) >= 11 is 0. The zero-order chi connectivity index (χ0) is 13.0. The molecule has 0 spiro atoms. The van der Waals surface area contributed by atoms with Crippen LogP contribution < -0.4 is 11.1 Å². The summed E-state index contributed by atoms with van der Waals surface area (Å²) < 4.78 is 0. The summed E-state index contributed by atoms with van der Waals surface area (Å²) in [6.07, 6.45) is 2.57. The summed E-state index contributed by atoms with van der Waals surface area (Å²) in [5.74, 6) is 0. The summed E-state index contributed by atoms with van der Waals surface area (Å²) in [5.41, 5.74) is 6.44. The third-order valence-corrected chi connectivity index (χ3v) is 2.81. The van der Waals surface area contributed by atoms with Gasteiger partial charge in [0.15, 0.2) is 0 Å². The number of nitrogens with one attached hydrogen (secondary N) is 1. The van der Waals surface area contributed by atoms with Crippen LogP contribution in [0.5, 0.6) is 0 Å². The fourth-order valence-electron chi connectivity index (χ4n) is 1.71. The van der Waals surface area contributed by atoms with Gasteiger partial charge in [0.1, 0.15) is 0 Å². The Kier molecular flexibility index (Phi) is 5.47. The normalized spacial score (nSPS) is 16.7. The second-order valence-electron chi connectivity index (χ2n) is 6.95. The van der Waals surface area contributed by atoms with Crippen LogP contribution in [0.4, 0.5) is 0 Å². The molecule has 0 aromatic rings. The Morgan fingerprint density at radius 2 is 1.69 bits per heavy atom. The average molecular weight is 228 g/mol. The number of hydrogen-bond donors (Lipinski definition) is 2. The number of carbonyl (C=O) groups excluding carboxylic acids is 1. The van der Waals surface area contributed by atoms with Crippen LogP contribution in [-0.2, 0) is 4.79 Å². The largest absolute Gasteiger partial charge is 0.356 e. The first-order valence-electron chi connectivity index (χ1n) is 6.01. The van der Waals surface area contributed by atoms with Crippen molar-refractivity contribution >= 4 is 6.41 Å². The first-order valence-corrected chi connectivity index (χ1v) is 6.01. The Labute approximate surface area is 100 Å². The Hall–Kier alpha value is -0.570. The van der Waals surface area contributed by atoms with Crippen LogP contribution in [0.3, 0.4) is 0 Å². The fraction of sp³-hybridized carbons (Fsp3) is 0.923. The van der Waals surface area contributed by atoms with Gasteiger partial charge < -0.3 is 11.1 Å². The molecule has 0 bridgehead atoms. The van der Waals surface area contributed by atoms with Crippen molar-refractivity contribution in [1.82, 2.24) is 5.32 Å². The average Bonchev–Trinajstić information content (AvgIpc) is 1.99. The monoisotopic (exact) mass is 228 g/mol. The molecule has 3 nitrogen and oxygen atoms in total. The molecule has 1 amide bonds. The molecule has 16 heavy (non-hydrogen) atoms. The predicted molar refractivity (Wildman–Crippen MR) is 69.1 cm³/mol. The fourth-order valence-corrected chi connectivity index (χ4v) is 1.71. The maximum atomic E-state index is 10.6. The molecular formula is C13H28N2O. The quantitative estimate of drug-likeness (QED) is 0.709. The molecule has 0 aromatic carbocycles. The lowest BCUT2D eigenvalue weighted by Crippen LogP contribution is -2.43. The van der Waals surface area contributed by atoms with Gasteiger partial charge in [-0.2, -0.15) is 0 Å². The highest BCUT2D eigenvalue weighted by Gasteiger charge is 2.26. The van der Waals surface area contributed by atoms with E-state index in [1.165, 1.54) is 0 Å². The predicted octanol–water partition coefficient (Wildman–Crippen LogP) is 2.30. The molecular weight excluding hydrogens is 200 g/mol. The number of amides is 1. The maximum absolute atomic E-state index is 10.6. The third kappa shape index (κ3) is 6.83. The summed E-state index contributed by atoms with van der Waals surface area (Å²) in [5, 5.41) is 2.88. The topological polar surface area (TPSA) is 55.1 Å². The molecule has 3 heteroatoms. The molecule has 0 saturated carbocycles. The van der Waals surface area contributed by atoms with Crippen molar-refractivity contribution in [3.63, 3.8) is 0 Å². The molecule has 0 radical (unpaired) electrons. The van der Waals surface area contributed by atoms with Crippen LogP contribution in [0.2, 0.25) is 0 Å². The van der Waals surface area contributed by atoms with Crippen LogP contribution in [0.15, 0.2) is 0 Å². The van der Waals surface area contributed by atoms with E-state index in [-0.39, 0.29) is 22.9 Å². The van der Waals surface area contributed by atoms with E-state index in [1.807, 2.05) is 0 Å². The number of nitrogens with two attached hydrogens (primary N) is 1. The molecule has 2 unspecified atom stereocenters. The molecule has 0 aliphatic rings. The van der Waals surface area contributed by atoms with Crippen molar-refractivity contribution in [1.29, 1.82) is 0 Å². The van der Waals surface area contributed by atoms with Gasteiger partial charge in [-0.05, 0) is 23.7 Å². The van der Waals surface area contributed by atoms with E-state index >= 15 is 0 Å². The van der Waals surface area contributed by atoms with Crippen LogP contribution >= 0.6 is 0 Å². The standard InChI is InChI=1S/C13H28N2O/c1-12(2,3)8-10(15-9-16)7-11(14)13(4,5)6/h9-11H,7-8,14H2,1-6H3,(H,15,16). The minimum Gasteiger partial charge on any atom is -0.356 e. The number of rotatable bonds is 5. The van der Waals surface area contributed by atoms with Crippen molar-refractivity contribution in [2.24, 2.45) is 16.6 Å². The third-order valence-electron chi connectivity index (χ3n) is 2.81. The molecule has 0 aromatic heterocycles. The van der Waals surface area contributed by atoms with Crippen molar-refractivity contribution in [3.8, 4) is 0 Å². The van der Waals surface area contributed by atoms with E-state index in [0.29, 0.717) is 0 Å². The highest BCUT2D eigenvalue weighted by atomic mass is 16.1. The molecule has 0 aliphatic carbocycles. The van der Waals surface area contributed by atoms with E-state index in [4.69, 9.17) is 5.73 Å². The van der Waals surface area contributed by atoms with E-state index < -0.39 is 0 Å². The lowest BCUT2D eigenvalue weighted by molar-refractivity contribution is -0.110. The van der Waals surface area contributed by atoms with Gasteiger partial charge in [-0.3, -0.25) is 4.79 Å². The summed E-state index contributed by atoms with van der Waals surface area (Å²) in [6.45, 7) is 12.9. The van der Waals surface area contributed by atoms with Crippen molar-refractivity contribution in [3.05, 3.63) is 0 Å². The summed E-state index contributed by atoms with van der Waals surface area (Å²) in [6, 6.07) is 0.277. The molecule has 0 rings (SSSR count). The van der Waals surface area contributed by atoms with Gasteiger partial charge in [0.05, 0.1) is 0 Å². The lowest BCUT2D eigenvalue weighted by atomic mass is 9.80. The van der Waals surface area contributed by atoms with Crippen LogP contribution in [0.1, 0.15) is 54.4 Å². The Morgan fingerprint density at radius 1 is 1.19 bits per heavy atom. The maximum Gasteiger partial charge on any atom is 0.207 e. The van der Waals surface area contributed by atoms with E-state index in [2.05, 4.69) is 46.9 Å². The van der Waals surface area contributed by atoms with Gasteiger partial charge in [-0.1, -0.05) is 41.5 Å². The van der Waals surface area contributed by atoms with Gasteiger partial charge in [-0.25, -0.2) is 0 Å². The number of carbonyl (C=O) groups is 1. The molecule has 0 fully saturated rings. The molecule has 0 saturated heterocycles. The summed E-state index contributed by atoms with van der Waals surface area (Å²) in [4.78, 5) is 10.6. The van der Waals surface area contributed by atoms with E-state index in [1.54, 1.807) is 0 Å². The molecule has 0 aliphatic heterocycles. The summed E-state index contributed by atoms with van der Waals surface area (Å²) in [7, 11) is 0. The van der Waals surface area contributed by atoms with Gasteiger partial charge in [-0.15, -0.1) is 0 Å². The Balaban J connectivity index is 4.39. The SMILES string of the molecule is CC(C)(C)CC(CC(N)C(C)(C)C)NC=O. The van der Waals surface area contributed by atoms with Gasteiger partial charge in [0, 0.05) is 12.1 Å². The van der Waals surface area contributed by atoms with E-state index in [9.17, 15) is 4.79 Å². The van der Waals surface area contributed by atoms with Crippen molar-refractivity contribution in [2.75, 3.05) is 0 Å². The van der Waals surface area contributed by atoms with Gasteiger partial charge in [0.2, 0.25) is 6.41 Å². The first kappa shape index (κ1) is 15.4. The van der Waals surface area contributed by atoms with Crippen LogP contribution in [-0.4, -0.2) is 18.5 Å². The second kappa shape index (κ2) is 5.67. The molecule has 3 N–H and O–H groups in total. The highest BCUT2D eigenvalue weighted by Crippen LogP contribution is 2.26. The van der Waals surface area contributed by atoms with Gasteiger partial charge in [0.25, 0.3) is 0 Å². The lowest BCUT2D eigenvalue weighted by Gasteiger charge is -2.33. The van der Waals surface area contributed by atoms with E-state index in [0.717, 1.165) is 19.3 Å². The zero-order valence-electron chi connectivity index (χ0n) is 11.6. The molecule has 2 atom stereocenters. The van der Waals surface area contributed by atoms with Crippen LogP contribution in [0, 0.1) is 10.8 Å². The smallest absolute Gasteiger partial charge is 0.207 e. The first-order chi connectivity index (χ1) is 7.06. The van der Waals surface area contributed by atoms with Crippen LogP contribution in [0.25, 0.3) is 0 Å². The highest BCUT2D eigenvalue weighted by molar-refractivity contribution is 5.46. The Bertz CT molecular complexity index is 213. The zero-order valence-corrected chi connectivity index (χ0v) is 11.6. The molecule has 96 valence electrons. The Morgan fingerprint density at radius 3 is 2.00 bits per heavy atom. The van der Waals surface area contributed by atoms with Gasteiger partial charge >= 0.3 is 0 Å². The van der Waals surface area contributed by atoms with Crippen molar-refractivity contribution < 1.29 is 4.79 Å². The molecule has 0 heterocycles. The number of hydrogen-bond acceptors (Lipinski definition) is 2.